The number of hydrogen-bond donors (Lipinski definition) is 4. The number of esters is 3. The van der Waals surface area contributed by atoms with Crippen LogP contribution in [0.3, 0.4) is 0 Å². The maximum atomic E-state index is 13.9. The molecule has 0 amide bonds. The fourth-order valence-corrected chi connectivity index (χ4v) is 6.00. The number of aliphatic hydroxyl groups excluding tert-OH is 4. The SMILES string of the molecule is COC(=O)C1=CO[C@@H](O[C@@H]2O[C@H](CO)[C@@H](O)[C@H](O)[C@H]2O)[C@@H]2[C@H](C(=O)OC)[C@@H](C(=O)/C=C/c3ccc(OC)cc3)[C@@H](OC(C)=O)[C@H]12. The van der Waals surface area contributed by atoms with Crippen molar-refractivity contribution in [2.45, 2.75) is 50.0 Å². The molecule has 45 heavy (non-hydrogen) atoms. The molecule has 2 aliphatic heterocycles. The van der Waals surface area contributed by atoms with E-state index in [0.717, 1.165) is 27.4 Å². The van der Waals surface area contributed by atoms with Crippen LogP contribution in [0, 0.1) is 23.7 Å². The lowest BCUT2D eigenvalue weighted by Crippen LogP contribution is -2.60. The van der Waals surface area contributed by atoms with Crippen LogP contribution >= 0.6 is 0 Å². The third kappa shape index (κ3) is 6.88. The molecule has 0 unspecified atom stereocenters. The van der Waals surface area contributed by atoms with Crippen LogP contribution in [0.4, 0.5) is 0 Å². The van der Waals surface area contributed by atoms with Gasteiger partial charge in [0.2, 0.25) is 6.29 Å². The smallest absolute Gasteiger partial charge is 0.337 e. The van der Waals surface area contributed by atoms with E-state index >= 15 is 0 Å². The minimum absolute atomic E-state index is 0.175. The number of hydrogen-bond acceptors (Lipinski definition) is 15. The number of methoxy groups -OCH3 is 3. The van der Waals surface area contributed by atoms with Crippen LogP contribution in [0.2, 0.25) is 0 Å². The number of benzene rings is 1. The van der Waals surface area contributed by atoms with Gasteiger partial charge in [-0.2, -0.15) is 0 Å². The fourth-order valence-electron chi connectivity index (χ4n) is 6.00. The summed E-state index contributed by atoms with van der Waals surface area (Å²) in [5.41, 5.74) is 0.436. The molecule has 0 radical (unpaired) electrons. The zero-order valence-corrected chi connectivity index (χ0v) is 24.9. The Labute approximate surface area is 257 Å². The Hall–Kier alpha value is -3.86. The van der Waals surface area contributed by atoms with E-state index in [1.807, 2.05) is 0 Å². The first kappa shape index (κ1) is 34.0. The Bertz CT molecular complexity index is 1300. The van der Waals surface area contributed by atoms with Crippen LogP contribution < -0.4 is 4.74 Å². The molecule has 1 aliphatic carbocycles. The molecule has 1 aromatic carbocycles. The van der Waals surface area contributed by atoms with E-state index < -0.39 is 97.1 Å². The van der Waals surface area contributed by atoms with Crippen molar-refractivity contribution in [1.82, 2.24) is 0 Å². The fraction of sp³-hybridized carbons (Fsp3) is 0.533. The highest BCUT2D eigenvalue weighted by Crippen LogP contribution is 2.53. The Morgan fingerprint density at radius 2 is 1.60 bits per heavy atom. The molecule has 15 heteroatoms. The van der Waals surface area contributed by atoms with Gasteiger partial charge in [-0.25, -0.2) is 4.79 Å². The Balaban J connectivity index is 1.78. The number of ketones is 1. The normalized spacial score (nSPS) is 34.2. The van der Waals surface area contributed by atoms with Crippen LogP contribution in [-0.4, -0.2) is 115 Å². The average Bonchev–Trinajstić information content (AvgIpc) is 3.37. The first-order chi connectivity index (χ1) is 21.5. The molecule has 1 saturated carbocycles. The van der Waals surface area contributed by atoms with E-state index in [2.05, 4.69) is 0 Å². The molecule has 1 aromatic rings. The van der Waals surface area contributed by atoms with Gasteiger partial charge < -0.3 is 53.6 Å². The van der Waals surface area contributed by atoms with Crippen molar-refractivity contribution >= 4 is 29.8 Å². The van der Waals surface area contributed by atoms with Gasteiger partial charge in [0.25, 0.3) is 0 Å². The third-order valence-electron chi connectivity index (χ3n) is 8.12. The van der Waals surface area contributed by atoms with Crippen LogP contribution in [-0.2, 0) is 47.6 Å². The minimum atomic E-state index is -1.84. The maximum Gasteiger partial charge on any atom is 0.337 e. The van der Waals surface area contributed by atoms with Gasteiger partial charge >= 0.3 is 17.9 Å². The number of carbonyl (C=O) groups excluding carboxylic acids is 4. The molecule has 1 saturated heterocycles. The summed E-state index contributed by atoms with van der Waals surface area (Å²) in [5, 5.41) is 40.6. The number of allylic oxidation sites excluding steroid dienone is 1. The van der Waals surface area contributed by atoms with Gasteiger partial charge in [0, 0.05) is 18.8 Å². The molecular weight excluding hydrogens is 600 g/mol. The van der Waals surface area contributed by atoms with Crippen LogP contribution in [0.25, 0.3) is 6.08 Å². The largest absolute Gasteiger partial charge is 0.497 e. The van der Waals surface area contributed by atoms with Crippen molar-refractivity contribution in [3.05, 3.63) is 47.7 Å². The summed E-state index contributed by atoms with van der Waals surface area (Å²) in [6.07, 6.45) is -7.71. The predicted molar refractivity (Wildman–Crippen MR) is 148 cm³/mol. The lowest BCUT2D eigenvalue weighted by molar-refractivity contribution is -0.342. The third-order valence-corrected chi connectivity index (χ3v) is 8.12. The predicted octanol–water partition coefficient (Wildman–Crippen LogP) is -0.910. The van der Waals surface area contributed by atoms with Crippen molar-refractivity contribution in [3.8, 4) is 5.75 Å². The number of fused-ring (bicyclic) bond motifs is 1. The van der Waals surface area contributed by atoms with Crippen LogP contribution in [0.1, 0.15) is 12.5 Å². The highest BCUT2D eigenvalue weighted by Gasteiger charge is 2.65. The van der Waals surface area contributed by atoms with Gasteiger partial charge in [0.15, 0.2) is 12.1 Å². The first-order valence-corrected chi connectivity index (χ1v) is 14.0. The molecule has 4 N–H and O–H groups in total. The first-order valence-electron chi connectivity index (χ1n) is 14.0. The molecule has 11 atom stereocenters. The monoisotopic (exact) mass is 636 g/mol. The van der Waals surface area contributed by atoms with Gasteiger partial charge in [0.05, 0.1) is 51.6 Å². The van der Waals surface area contributed by atoms with Crippen LogP contribution in [0.5, 0.6) is 5.75 Å². The van der Waals surface area contributed by atoms with Gasteiger partial charge in [-0.3, -0.25) is 14.4 Å². The van der Waals surface area contributed by atoms with Gasteiger partial charge in [-0.15, -0.1) is 0 Å². The summed E-state index contributed by atoms with van der Waals surface area (Å²) in [4.78, 5) is 52.5. The Kier molecular flexibility index (Phi) is 11.0. The summed E-state index contributed by atoms with van der Waals surface area (Å²) < 4.78 is 37.7. The van der Waals surface area contributed by atoms with E-state index in [0.29, 0.717) is 11.3 Å². The van der Waals surface area contributed by atoms with E-state index in [9.17, 15) is 39.6 Å². The highest BCUT2D eigenvalue weighted by molar-refractivity contribution is 6.00. The topological polar surface area (TPSA) is 214 Å². The van der Waals surface area contributed by atoms with Gasteiger partial charge in [0.1, 0.15) is 36.3 Å². The summed E-state index contributed by atoms with van der Waals surface area (Å²) >= 11 is 0. The zero-order valence-electron chi connectivity index (χ0n) is 24.9. The van der Waals surface area contributed by atoms with Gasteiger partial charge in [-0.05, 0) is 23.8 Å². The minimum Gasteiger partial charge on any atom is -0.497 e. The second-order valence-electron chi connectivity index (χ2n) is 10.7. The molecule has 3 aliphatic rings. The molecule has 2 fully saturated rings. The highest BCUT2D eigenvalue weighted by atomic mass is 16.8. The van der Waals surface area contributed by atoms with Crippen LogP contribution in [0.15, 0.2) is 42.2 Å². The van der Waals surface area contributed by atoms with Crippen molar-refractivity contribution in [2.24, 2.45) is 23.7 Å². The molecule has 246 valence electrons. The Morgan fingerprint density at radius 1 is 0.911 bits per heavy atom. The van der Waals surface area contributed by atoms with Crippen molar-refractivity contribution in [1.29, 1.82) is 0 Å². The summed E-state index contributed by atoms with van der Waals surface area (Å²) in [6.45, 7) is 0.350. The summed E-state index contributed by atoms with van der Waals surface area (Å²) in [5.74, 6) is -8.07. The maximum absolute atomic E-state index is 13.9. The lowest BCUT2D eigenvalue weighted by Gasteiger charge is -2.43. The molecule has 15 nitrogen and oxygen atoms in total. The summed E-state index contributed by atoms with van der Waals surface area (Å²) in [7, 11) is 3.69. The number of aliphatic hydroxyl groups is 4. The lowest BCUT2D eigenvalue weighted by atomic mass is 9.81. The molecule has 0 aromatic heterocycles. The second-order valence-corrected chi connectivity index (χ2v) is 10.7. The number of ether oxygens (including phenoxy) is 7. The standard InChI is InChI=1S/C30H36O15/c1-13(32)43-26-19-16(27(37)40-3)12-42-29(45-30-25(36)24(35)23(34)18(11-31)44-30)22(19)21(28(38)41-4)20(26)17(33)10-7-14-5-8-15(39-2)9-6-14/h5-10,12,18-26,29-31,34-36H,11H2,1-4H3/b10-7+/t18-,19-,20-,21-,22+,23-,24+,25-,26+,29+,30+/m1/s1. The quantitative estimate of drug-likeness (QED) is 0.139. The van der Waals surface area contributed by atoms with E-state index in [1.165, 1.54) is 19.3 Å². The summed E-state index contributed by atoms with van der Waals surface area (Å²) in [6, 6.07) is 6.74. The van der Waals surface area contributed by atoms with Gasteiger partial charge in [-0.1, -0.05) is 18.2 Å². The van der Waals surface area contributed by atoms with Crippen molar-refractivity contribution in [2.75, 3.05) is 27.9 Å². The van der Waals surface area contributed by atoms with E-state index in [4.69, 9.17) is 33.2 Å². The second kappa shape index (κ2) is 14.5. The molecule has 4 rings (SSSR count). The number of rotatable bonds is 10. The van der Waals surface area contributed by atoms with Crippen molar-refractivity contribution < 1.29 is 72.8 Å². The Morgan fingerprint density at radius 3 is 2.18 bits per heavy atom. The van der Waals surface area contributed by atoms with E-state index in [1.54, 1.807) is 24.3 Å². The van der Waals surface area contributed by atoms with E-state index in [-0.39, 0.29) is 5.57 Å². The average molecular weight is 637 g/mol. The zero-order chi connectivity index (χ0) is 33.0. The van der Waals surface area contributed by atoms with Crippen molar-refractivity contribution in [3.63, 3.8) is 0 Å². The molecule has 2 heterocycles. The number of carbonyl (C=O) groups is 4. The molecular formula is C30H36O15. The molecule has 0 bridgehead atoms. The molecule has 0 spiro atoms.